The number of aldehydes is 1. The van der Waals surface area contributed by atoms with Gasteiger partial charge in [0.25, 0.3) is 0 Å². The Morgan fingerprint density at radius 1 is 1.19 bits per heavy atom. The van der Waals surface area contributed by atoms with Gasteiger partial charge in [0.1, 0.15) is 5.82 Å². The first-order chi connectivity index (χ1) is 7.85. The van der Waals surface area contributed by atoms with Crippen LogP contribution in [0.1, 0.15) is 23.1 Å². The van der Waals surface area contributed by atoms with Crippen molar-refractivity contribution in [2.45, 2.75) is 13.3 Å². The molecule has 0 aliphatic heterocycles. The third-order valence-corrected chi connectivity index (χ3v) is 2.42. The topological polar surface area (TPSA) is 42.9 Å². The van der Waals surface area contributed by atoms with Crippen LogP contribution in [0.15, 0.2) is 36.7 Å². The molecule has 0 aliphatic rings. The molecule has 16 heavy (non-hydrogen) atoms. The second-order valence-electron chi connectivity index (χ2n) is 3.45. The molecule has 0 atom stereocenters. The SMILES string of the molecule is CCc1ncc(-c2ccccc2C=O)cn1. The van der Waals surface area contributed by atoms with Gasteiger partial charge in [-0.3, -0.25) is 4.79 Å². The predicted octanol–water partition coefficient (Wildman–Crippen LogP) is 2.52. The number of hydrogen-bond acceptors (Lipinski definition) is 3. The summed E-state index contributed by atoms with van der Waals surface area (Å²) >= 11 is 0. The highest BCUT2D eigenvalue weighted by molar-refractivity contribution is 5.87. The van der Waals surface area contributed by atoms with Crippen molar-refractivity contribution < 1.29 is 4.79 Å². The van der Waals surface area contributed by atoms with Crippen molar-refractivity contribution in [1.82, 2.24) is 9.97 Å². The molecule has 0 amide bonds. The van der Waals surface area contributed by atoms with E-state index in [-0.39, 0.29) is 0 Å². The molecule has 3 nitrogen and oxygen atoms in total. The zero-order valence-corrected chi connectivity index (χ0v) is 9.05. The summed E-state index contributed by atoms with van der Waals surface area (Å²) in [6.45, 7) is 2.01. The van der Waals surface area contributed by atoms with Gasteiger partial charge in [0.05, 0.1) is 0 Å². The summed E-state index contributed by atoms with van der Waals surface area (Å²) in [5.74, 6) is 0.812. The van der Waals surface area contributed by atoms with Gasteiger partial charge in [0.2, 0.25) is 0 Å². The first kappa shape index (κ1) is 10.5. The maximum absolute atomic E-state index is 10.9. The fourth-order valence-corrected chi connectivity index (χ4v) is 1.54. The number of carbonyl (C=O) groups is 1. The standard InChI is InChI=1S/C13H12N2O/c1-2-13-14-7-11(8-15-13)12-6-4-3-5-10(12)9-16/h3-9H,2H2,1H3. The van der Waals surface area contributed by atoms with Crippen LogP contribution in [0.4, 0.5) is 0 Å². The molecule has 0 spiro atoms. The zero-order valence-electron chi connectivity index (χ0n) is 9.05. The number of benzene rings is 1. The lowest BCUT2D eigenvalue weighted by Gasteiger charge is -2.04. The van der Waals surface area contributed by atoms with Gasteiger partial charge in [-0.2, -0.15) is 0 Å². The quantitative estimate of drug-likeness (QED) is 0.734. The highest BCUT2D eigenvalue weighted by Gasteiger charge is 2.04. The lowest BCUT2D eigenvalue weighted by molar-refractivity contribution is 0.112. The molecule has 0 saturated carbocycles. The number of hydrogen-bond donors (Lipinski definition) is 0. The van der Waals surface area contributed by atoms with Crippen LogP contribution in [0, 0.1) is 0 Å². The van der Waals surface area contributed by atoms with Gasteiger partial charge < -0.3 is 0 Å². The lowest BCUT2D eigenvalue weighted by atomic mass is 10.0. The molecule has 2 aromatic rings. The largest absolute Gasteiger partial charge is 0.298 e. The molecule has 0 bridgehead atoms. The monoisotopic (exact) mass is 212 g/mol. The summed E-state index contributed by atoms with van der Waals surface area (Å²) < 4.78 is 0. The van der Waals surface area contributed by atoms with Crippen molar-refractivity contribution in [3.63, 3.8) is 0 Å². The van der Waals surface area contributed by atoms with Gasteiger partial charge in [0.15, 0.2) is 6.29 Å². The molecule has 0 unspecified atom stereocenters. The summed E-state index contributed by atoms with van der Waals surface area (Å²) in [6.07, 6.45) is 5.18. The summed E-state index contributed by atoms with van der Waals surface area (Å²) in [5, 5.41) is 0. The maximum atomic E-state index is 10.9. The average Bonchev–Trinajstić information content (AvgIpc) is 2.39. The maximum Gasteiger partial charge on any atom is 0.150 e. The van der Waals surface area contributed by atoms with E-state index in [0.717, 1.165) is 29.7 Å². The molecule has 0 fully saturated rings. The number of carbonyl (C=O) groups excluding carboxylic acids is 1. The number of aromatic nitrogens is 2. The van der Waals surface area contributed by atoms with Crippen molar-refractivity contribution >= 4 is 6.29 Å². The van der Waals surface area contributed by atoms with Gasteiger partial charge in [-0.1, -0.05) is 31.2 Å². The highest BCUT2D eigenvalue weighted by atomic mass is 16.1. The molecule has 1 heterocycles. The number of aryl methyl sites for hydroxylation is 1. The Kier molecular flexibility index (Phi) is 3.05. The molecule has 2 rings (SSSR count). The van der Waals surface area contributed by atoms with Crippen molar-refractivity contribution in [3.05, 3.63) is 48.0 Å². The van der Waals surface area contributed by atoms with Crippen LogP contribution < -0.4 is 0 Å². The van der Waals surface area contributed by atoms with E-state index in [0.29, 0.717) is 5.56 Å². The van der Waals surface area contributed by atoms with E-state index in [4.69, 9.17) is 0 Å². The molecule has 1 aromatic carbocycles. The molecule has 0 saturated heterocycles. The molecular weight excluding hydrogens is 200 g/mol. The summed E-state index contributed by atoms with van der Waals surface area (Å²) in [5.41, 5.74) is 2.41. The molecular formula is C13H12N2O. The fraction of sp³-hybridized carbons (Fsp3) is 0.154. The lowest BCUT2D eigenvalue weighted by Crippen LogP contribution is -1.94. The summed E-state index contributed by atoms with van der Waals surface area (Å²) in [7, 11) is 0. The van der Waals surface area contributed by atoms with Gasteiger partial charge in [0, 0.05) is 29.9 Å². The van der Waals surface area contributed by atoms with Crippen molar-refractivity contribution in [1.29, 1.82) is 0 Å². The fourth-order valence-electron chi connectivity index (χ4n) is 1.54. The molecule has 0 N–H and O–H groups in total. The first-order valence-corrected chi connectivity index (χ1v) is 5.20. The third kappa shape index (κ3) is 1.98. The third-order valence-electron chi connectivity index (χ3n) is 2.42. The van der Waals surface area contributed by atoms with Crippen LogP contribution in [-0.4, -0.2) is 16.3 Å². The van der Waals surface area contributed by atoms with Crippen molar-refractivity contribution in [3.8, 4) is 11.1 Å². The Morgan fingerprint density at radius 3 is 2.50 bits per heavy atom. The Hall–Kier alpha value is -2.03. The first-order valence-electron chi connectivity index (χ1n) is 5.20. The van der Waals surface area contributed by atoms with Gasteiger partial charge in [-0.15, -0.1) is 0 Å². The predicted molar refractivity (Wildman–Crippen MR) is 62.2 cm³/mol. The van der Waals surface area contributed by atoms with E-state index in [1.807, 2.05) is 25.1 Å². The van der Waals surface area contributed by atoms with Crippen molar-refractivity contribution in [2.24, 2.45) is 0 Å². The molecule has 0 aliphatic carbocycles. The Bertz CT molecular complexity index is 492. The summed E-state index contributed by atoms with van der Waals surface area (Å²) in [6, 6.07) is 7.43. The minimum Gasteiger partial charge on any atom is -0.298 e. The van der Waals surface area contributed by atoms with E-state index in [1.165, 1.54) is 0 Å². The Morgan fingerprint density at radius 2 is 1.88 bits per heavy atom. The van der Waals surface area contributed by atoms with E-state index in [9.17, 15) is 4.79 Å². The molecule has 0 radical (unpaired) electrons. The zero-order chi connectivity index (χ0) is 11.4. The molecule has 3 heteroatoms. The smallest absolute Gasteiger partial charge is 0.150 e. The van der Waals surface area contributed by atoms with Gasteiger partial charge in [-0.05, 0) is 5.56 Å². The van der Waals surface area contributed by atoms with E-state index < -0.39 is 0 Å². The van der Waals surface area contributed by atoms with Gasteiger partial charge in [-0.25, -0.2) is 9.97 Å². The normalized spacial score (nSPS) is 10.1. The summed E-state index contributed by atoms with van der Waals surface area (Å²) in [4.78, 5) is 19.3. The Balaban J connectivity index is 2.46. The minimum atomic E-state index is 0.662. The van der Waals surface area contributed by atoms with Gasteiger partial charge >= 0.3 is 0 Å². The van der Waals surface area contributed by atoms with Crippen LogP contribution in [0.5, 0.6) is 0 Å². The minimum absolute atomic E-state index is 0.662. The van der Waals surface area contributed by atoms with Crippen molar-refractivity contribution in [2.75, 3.05) is 0 Å². The highest BCUT2D eigenvalue weighted by Crippen LogP contribution is 2.20. The Labute approximate surface area is 94.2 Å². The second-order valence-corrected chi connectivity index (χ2v) is 3.45. The molecule has 1 aromatic heterocycles. The van der Waals surface area contributed by atoms with Crippen LogP contribution in [0.25, 0.3) is 11.1 Å². The van der Waals surface area contributed by atoms with E-state index in [1.54, 1.807) is 18.5 Å². The van der Waals surface area contributed by atoms with E-state index in [2.05, 4.69) is 9.97 Å². The average molecular weight is 212 g/mol. The van der Waals surface area contributed by atoms with E-state index >= 15 is 0 Å². The second kappa shape index (κ2) is 4.66. The van der Waals surface area contributed by atoms with Crippen LogP contribution >= 0.6 is 0 Å². The van der Waals surface area contributed by atoms with Crippen LogP contribution in [0.2, 0.25) is 0 Å². The molecule has 80 valence electrons. The number of nitrogens with zero attached hydrogens (tertiary/aromatic N) is 2. The van der Waals surface area contributed by atoms with Crippen LogP contribution in [-0.2, 0) is 6.42 Å². The van der Waals surface area contributed by atoms with Crippen LogP contribution in [0.3, 0.4) is 0 Å². The number of rotatable bonds is 3.